The Kier molecular flexibility index (Phi) is 5.71. The van der Waals surface area contributed by atoms with Gasteiger partial charge in [0.15, 0.2) is 5.82 Å². The van der Waals surface area contributed by atoms with Crippen molar-refractivity contribution in [3.05, 3.63) is 78.2 Å². The predicted octanol–water partition coefficient (Wildman–Crippen LogP) is 3.52. The summed E-state index contributed by atoms with van der Waals surface area (Å²) < 4.78 is 41.1. The molecule has 0 saturated heterocycles. The normalized spacial score (nSPS) is 15.4. The lowest BCUT2D eigenvalue weighted by molar-refractivity contribution is -0.116. The molecule has 1 aliphatic heterocycles. The van der Waals surface area contributed by atoms with Gasteiger partial charge in [-0.15, -0.1) is 0 Å². The second kappa shape index (κ2) is 8.44. The summed E-state index contributed by atoms with van der Waals surface area (Å²) in [4.78, 5) is 18.4. The molecular weight excluding hydrogens is 419 g/mol. The van der Waals surface area contributed by atoms with Gasteiger partial charge in [0.1, 0.15) is 10.7 Å². The van der Waals surface area contributed by atoms with Crippen molar-refractivity contribution < 1.29 is 17.6 Å². The van der Waals surface area contributed by atoms with Crippen LogP contribution in [0.4, 0.5) is 21.6 Å². The molecule has 2 aromatic carbocycles. The molecule has 7 nitrogen and oxygen atoms in total. The van der Waals surface area contributed by atoms with Crippen molar-refractivity contribution in [3.8, 4) is 0 Å². The van der Waals surface area contributed by atoms with E-state index in [4.69, 9.17) is 0 Å². The molecule has 0 atom stereocenters. The van der Waals surface area contributed by atoms with Gasteiger partial charge in [-0.1, -0.05) is 25.1 Å². The van der Waals surface area contributed by atoms with Gasteiger partial charge in [0.25, 0.3) is 0 Å². The number of sulfonamides is 1. The Bertz CT molecular complexity index is 1220. The van der Waals surface area contributed by atoms with Crippen LogP contribution in [0.2, 0.25) is 0 Å². The van der Waals surface area contributed by atoms with Crippen LogP contribution in [-0.4, -0.2) is 36.8 Å². The molecule has 0 saturated carbocycles. The SMILES string of the molecule is CCc1ccc(NC(=O)CN2CN(c3cccc(F)c3)c3ncccc3S2(=O)=O)cc1. The zero-order chi connectivity index (χ0) is 22.0. The van der Waals surface area contributed by atoms with E-state index in [0.29, 0.717) is 11.4 Å². The lowest BCUT2D eigenvalue weighted by Crippen LogP contribution is -2.47. The topological polar surface area (TPSA) is 82.6 Å². The minimum absolute atomic E-state index is 0.0365. The highest BCUT2D eigenvalue weighted by atomic mass is 32.2. The largest absolute Gasteiger partial charge is 0.325 e. The first-order chi connectivity index (χ1) is 14.9. The Hall–Kier alpha value is -3.30. The first-order valence-corrected chi connectivity index (χ1v) is 11.2. The molecule has 1 aromatic heterocycles. The van der Waals surface area contributed by atoms with Gasteiger partial charge < -0.3 is 10.2 Å². The first kappa shape index (κ1) is 21.0. The molecule has 9 heteroatoms. The van der Waals surface area contributed by atoms with Crippen molar-refractivity contribution in [2.75, 3.05) is 23.4 Å². The third-order valence-corrected chi connectivity index (χ3v) is 6.81. The molecule has 160 valence electrons. The van der Waals surface area contributed by atoms with E-state index < -0.39 is 28.3 Å². The standard InChI is InChI=1S/C22H21FN4O3S/c1-2-16-8-10-18(11-9-16)25-21(28)14-26-15-27(19-6-3-5-17(23)13-19)22-20(31(26,29)30)7-4-12-24-22/h3-13H,2,14-15H2,1H3,(H,25,28). The number of nitrogens with one attached hydrogen (secondary N) is 1. The van der Waals surface area contributed by atoms with Crippen LogP contribution in [-0.2, 0) is 21.2 Å². The highest BCUT2D eigenvalue weighted by molar-refractivity contribution is 7.89. The van der Waals surface area contributed by atoms with Crippen LogP contribution >= 0.6 is 0 Å². The summed E-state index contributed by atoms with van der Waals surface area (Å²) in [6.45, 7) is 1.47. The van der Waals surface area contributed by atoms with Crippen molar-refractivity contribution in [1.29, 1.82) is 0 Å². The summed E-state index contributed by atoms with van der Waals surface area (Å²) in [5.41, 5.74) is 2.16. The Morgan fingerprint density at radius 1 is 1.13 bits per heavy atom. The second-order valence-corrected chi connectivity index (χ2v) is 8.99. The average Bonchev–Trinajstić information content (AvgIpc) is 2.76. The number of fused-ring (bicyclic) bond motifs is 1. The fourth-order valence-electron chi connectivity index (χ4n) is 3.39. The van der Waals surface area contributed by atoms with Crippen LogP contribution in [0.25, 0.3) is 0 Å². The summed E-state index contributed by atoms with van der Waals surface area (Å²) in [7, 11) is -3.96. The molecule has 0 unspecified atom stereocenters. The van der Waals surface area contributed by atoms with Gasteiger partial charge in [0.2, 0.25) is 15.9 Å². The maximum absolute atomic E-state index is 13.8. The number of halogens is 1. The van der Waals surface area contributed by atoms with Gasteiger partial charge in [-0.05, 0) is 54.4 Å². The highest BCUT2D eigenvalue weighted by Gasteiger charge is 2.38. The third-order valence-electron chi connectivity index (χ3n) is 5.01. The molecule has 0 bridgehead atoms. The number of carbonyl (C=O) groups is 1. The first-order valence-electron chi connectivity index (χ1n) is 9.75. The van der Waals surface area contributed by atoms with Crippen LogP contribution in [0, 0.1) is 5.82 Å². The monoisotopic (exact) mass is 440 g/mol. The van der Waals surface area contributed by atoms with E-state index in [1.54, 1.807) is 23.1 Å². The molecule has 1 aliphatic rings. The molecule has 1 amide bonds. The molecule has 0 aliphatic carbocycles. The molecule has 31 heavy (non-hydrogen) atoms. The zero-order valence-electron chi connectivity index (χ0n) is 16.8. The number of aryl methyl sites for hydroxylation is 1. The number of amides is 1. The number of pyridine rings is 1. The third kappa shape index (κ3) is 4.28. The number of benzene rings is 2. The van der Waals surface area contributed by atoms with E-state index in [0.717, 1.165) is 16.3 Å². The average molecular weight is 441 g/mol. The number of hydrogen-bond donors (Lipinski definition) is 1. The Labute approximate surface area is 180 Å². The van der Waals surface area contributed by atoms with Gasteiger partial charge in [-0.3, -0.25) is 4.79 Å². The number of carbonyl (C=O) groups excluding carboxylic acids is 1. The van der Waals surface area contributed by atoms with Crippen molar-refractivity contribution in [2.45, 2.75) is 18.2 Å². The fraction of sp³-hybridized carbons (Fsp3) is 0.182. The van der Waals surface area contributed by atoms with Crippen LogP contribution in [0.15, 0.2) is 71.8 Å². The van der Waals surface area contributed by atoms with Crippen LogP contribution < -0.4 is 10.2 Å². The lowest BCUT2D eigenvalue weighted by atomic mass is 10.1. The number of aromatic nitrogens is 1. The van der Waals surface area contributed by atoms with Crippen LogP contribution in [0.5, 0.6) is 0 Å². The number of hydrogen-bond acceptors (Lipinski definition) is 5. The summed E-state index contributed by atoms with van der Waals surface area (Å²) in [6.07, 6.45) is 2.35. The van der Waals surface area contributed by atoms with E-state index in [-0.39, 0.29) is 17.4 Å². The molecule has 0 fully saturated rings. The molecule has 2 heterocycles. The lowest BCUT2D eigenvalue weighted by Gasteiger charge is -2.36. The smallest absolute Gasteiger partial charge is 0.248 e. The van der Waals surface area contributed by atoms with Gasteiger partial charge >= 0.3 is 0 Å². The fourth-order valence-corrected chi connectivity index (χ4v) is 4.87. The molecule has 0 radical (unpaired) electrons. The van der Waals surface area contributed by atoms with Gasteiger partial charge in [0, 0.05) is 17.6 Å². The van der Waals surface area contributed by atoms with Crippen molar-refractivity contribution >= 4 is 33.1 Å². The van der Waals surface area contributed by atoms with E-state index in [9.17, 15) is 17.6 Å². The molecular formula is C22H21FN4O3S. The summed E-state index contributed by atoms with van der Waals surface area (Å²) in [5, 5.41) is 2.73. The molecule has 4 rings (SSSR count). The van der Waals surface area contributed by atoms with Gasteiger partial charge in [0.05, 0.1) is 13.2 Å². The Morgan fingerprint density at radius 2 is 1.90 bits per heavy atom. The van der Waals surface area contributed by atoms with Crippen LogP contribution in [0.1, 0.15) is 12.5 Å². The predicted molar refractivity (Wildman–Crippen MR) is 116 cm³/mol. The minimum Gasteiger partial charge on any atom is -0.325 e. The van der Waals surface area contributed by atoms with Gasteiger partial charge in [-0.25, -0.2) is 17.8 Å². The number of rotatable bonds is 5. The molecule has 1 N–H and O–H groups in total. The van der Waals surface area contributed by atoms with Crippen molar-refractivity contribution in [1.82, 2.24) is 9.29 Å². The van der Waals surface area contributed by atoms with Crippen molar-refractivity contribution in [3.63, 3.8) is 0 Å². The minimum atomic E-state index is -3.96. The summed E-state index contributed by atoms with van der Waals surface area (Å²) >= 11 is 0. The van der Waals surface area contributed by atoms with Crippen LogP contribution in [0.3, 0.4) is 0 Å². The van der Waals surface area contributed by atoms with E-state index in [1.807, 2.05) is 19.1 Å². The van der Waals surface area contributed by atoms with Crippen molar-refractivity contribution in [2.24, 2.45) is 0 Å². The number of anilines is 3. The Morgan fingerprint density at radius 3 is 2.61 bits per heavy atom. The van der Waals surface area contributed by atoms with E-state index >= 15 is 0 Å². The van der Waals surface area contributed by atoms with Gasteiger partial charge in [-0.2, -0.15) is 4.31 Å². The Balaban J connectivity index is 1.62. The molecule has 0 spiro atoms. The zero-order valence-corrected chi connectivity index (χ0v) is 17.6. The summed E-state index contributed by atoms with van der Waals surface area (Å²) in [6, 6.07) is 16.1. The van der Waals surface area contributed by atoms with E-state index in [1.165, 1.54) is 36.5 Å². The molecule has 3 aromatic rings. The summed E-state index contributed by atoms with van der Waals surface area (Å²) in [5.74, 6) is -0.734. The number of nitrogens with zero attached hydrogens (tertiary/aromatic N) is 3. The van der Waals surface area contributed by atoms with E-state index in [2.05, 4.69) is 10.3 Å². The second-order valence-electron chi connectivity index (χ2n) is 7.09. The highest BCUT2D eigenvalue weighted by Crippen LogP contribution is 2.36. The quantitative estimate of drug-likeness (QED) is 0.656. The maximum atomic E-state index is 13.8. The maximum Gasteiger partial charge on any atom is 0.248 e.